The van der Waals surface area contributed by atoms with E-state index in [1.165, 1.54) is 0 Å². The molecular weight excluding hydrogens is 313 g/mol. The van der Waals surface area contributed by atoms with Crippen LogP contribution in [-0.2, 0) is 12.7 Å². The standard InChI is InChI=1S/C14H13F3N4O2/c1-7-5-9(20-8(2)19-7)6-18-13(23)11-4-3-10(12(22)21-11)14(15,16)17/h3-5H,6H2,1-2H3,(H,18,23)(H,21,22). The molecule has 0 aliphatic heterocycles. The van der Waals surface area contributed by atoms with Crippen LogP contribution in [0.1, 0.15) is 33.3 Å². The van der Waals surface area contributed by atoms with Crippen LogP contribution in [0.5, 0.6) is 0 Å². The maximum atomic E-state index is 12.5. The highest BCUT2D eigenvalue weighted by Crippen LogP contribution is 2.25. The average molecular weight is 326 g/mol. The predicted molar refractivity (Wildman–Crippen MR) is 74.7 cm³/mol. The largest absolute Gasteiger partial charge is 0.421 e. The highest BCUT2D eigenvalue weighted by molar-refractivity contribution is 5.92. The van der Waals surface area contributed by atoms with Crippen LogP contribution in [0.15, 0.2) is 23.0 Å². The van der Waals surface area contributed by atoms with Crippen LogP contribution in [0.3, 0.4) is 0 Å². The van der Waals surface area contributed by atoms with Crippen LogP contribution in [-0.4, -0.2) is 20.9 Å². The van der Waals surface area contributed by atoms with E-state index < -0.39 is 23.2 Å². The zero-order chi connectivity index (χ0) is 17.2. The first kappa shape index (κ1) is 16.7. The van der Waals surface area contributed by atoms with Crippen molar-refractivity contribution in [2.75, 3.05) is 0 Å². The minimum absolute atomic E-state index is 0.0616. The molecule has 2 rings (SSSR count). The summed E-state index contributed by atoms with van der Waals surface area (Å²) in [6.45, 7) is 3.53. The first-order valence-corrected chi connectivity index (χ1v) is 6.56. The number of hydrogen-bond donors (Lipinski definition) is 2. The number of halogens is 3. The van der Waals surface area contributed by atoms with E-state index >= 15 is 0 Å². The lowest BCUT2D eigenvalue weighted by Gasteiger charge is -2.08. The van der Waals surface area contributed by atoms with E-state index in [9.17, 15) is 22.8 Å². The summed E-state index contributed by atoms with van der Waals surface area (Å²) >= 11 is 0. The molecule has 0 unspecified atom stereocenters. The summed E-state index contributed by atoms with van der Waals surface area (Å²) in [6.07, 6.45) is -4.77. The van der Waals surface area contributed by atoms with E-state index in [-0.39, 0.29) is 12.2 Å². The quantitative estimate of drug-likeness (QED) is 0.899. The van der Waals surface area contributed by atoms with E-state index in [4.69, 9.17) is 0 Å². The highest BCUT2D eigenvalue weighted by atomic mass is 19.4. The van der Waals surface area contributed by atoms with Crippen molar-refractivity contribution in [3.05, 3.63) is 57.0 Å². The average Bonchev–Trinajstić information content (AvgIpc) is 2.42. The molecule has 0 radical (unpaired) electrons. The molecule has 0 aliphatic rings. The Bertz CT molecular complexity index is 779. The normalized spacial score (nSPS) is 11.3. The summed E-state index contributed by atoms with van der Waals surface area (Å²) in [5.74, 6) is -0.165. The van der Waals surface area contributed by atoms with Crippen molar-refractivity contribution in [1.82, 2.24) is 20.3 Å². The Morgan fingerprint density at radius 2 is 1.96 bits per heavy atom. The molecule has 2 heterocycles. The maximum Gasteiger partial charge on any atom is 0.421 e. The molecule has 0 atom stereocenters. The van der Waals surface area contributed by atoms with Crippen molar-refractivity contribution < 1.29 is 18.0 Å². The van der Waals surface area contributed by atoms with Crippen LogP contribution >= 0.6 is 0 Å². The fourth-order valence-electron chi connectivity index (χ4n) is 1.98. The lowest BCUT2D eigenvalue weighted by Crippen LogP contribution is -2.29. The van der Waals surface area contributed by atoms with Gasteiger partial charge in [-0.2, -0.15) is 13.2 Å². The Morgan fingerprint density at radius 1 is 1.26 bits per heavy atom. The summed E-state index contributed by atoms with van der Waals surface area (Å²) in [7, 11) is 0. The molecule has 0 saturated heterocycles. The number of pyridine rings is 1. The number of hydrogen-bond acceptors (Lipinski definition) is 4. The Hall–Kier alpha value is -2.71. The molecule has 2 aromatic heterocycles. The molecule has 6 nitrogen and oxygen atoms in total. The van der Waals surface area contributed by atoms with E-state index in [0.717, 1.165) is 11.8 Å². The summed E-state index contributed by atoms with van der Waals surface area (Å²) in [4.78, 5) is 33.4. The molecule has 0 saturated carbocycles. The van der Waals surface area contributed by atoms with Gasteiger partial charge in [-0.1, -0.05) is 0 Å². The lowest BCUT2D eigenvalue weighted by atomic mass is 10.2. The van der Waals surface area contributed by atoms with Gasteiger partial charge in [-0.05, 0) is 32.0 Å². The number of carbonyl (C=O) groups excluding carboxylic acids is 1. The van der Waals surface area contributed by atoms with Crippen LogP contribution < -0.4 is 10.9 Å². The molecule has 0 aromatic carbocycles. The number of rotatable bonds is 3. The van der Waals surface area contributed by atoms with Gasteiger partial charge in [-0.3, -0.25) is 9.59 Å². The lowest BCUT2D eigenvalue weighted by molar-refractivity contribution is -0.138. The minimum Gasteiger partial charge on any atom is -0.345 e. The fourth-order valence-corrected chi connectivity index (χ4v) is 1.98. The Morgan fingerprint density at radius 3 is 2.52 bits per heavy atom. The monoisotopic (exact) mass is 326 g/mol. The third-order valence-electron chi connectivity index (χ3n) is 2.91. The van der Waals surface area contributed by atoms with Crippen LogP contribution in [0.4, 0.5) is 13.2 Å². The molecule has 0 aliphatic carbocycles. The van der Waals surface area contributed by atoms with Crippen LogP contribution in [0.2, 0.25) is 0 Å². The Kier molecular flexibility index (Phi) is 4.48. The Balaban J connectivity index is 2.12. The summed E-state index contributed by atoms with van der Waals surface area (Å²) in [5, 5.41) is 2.47. The van der Waals surface area contributed by atoms with E-state index in [0.29, 0.717) is 17.6 Å². The van der Waals surface area contributed by atoms with Gasteiger partial charge in [-0.25, -0.2) is 9.97 Å². The van der Waals surface area contributed by atoms with Crippen LogP contribution in [0, 0.1) is 13.8 Å². The van der Waals surface area contributed by atoms with Crippen molar-refractivity contribution in [2.45, 2.75) is 26.6 Å². The third-order valence-corrected chi connectivity index (χ3v) is 2.91. The summed E-state index contributed by atoms with van der Waals surface area (Å²) in [5.41, 5.74) is -1.69. The van der Waals surface area contributed by atoms with Crippen molar-refractivity contribution in [2.24, 2.45) is 0 Å². The van der Waals surface area contributed by atoms with Crippen molar-refractivity contribution in [3.8, 4) is 0 Å². The van der Waals surface area contributed by atoms with Gasteiger partial charge in [0.1, 0.15) is 17.1 Å². The maximum absolute atomic E-state index is 12.5. The zero-order valence-corrected chi connectivity index (χ0v) is 12.3. The zero-order valence-electron chi connectivity index (χ0n) is 12.3. The van der Waals surface area contributed by atoms with Gasteiger partial charge < -0.3 is 10.3 Å². The van der Waals surface area contributed by atoms with E-state index in [1.807, 2.05) is 4.98 Å². The molecule has 23 heavy (non-hydrogen) atoms. The number of amides is 1. The summed E-state index contributed by atoms with van der Waals surface area (Å²) < 4.78 is 37.5. The predicted octanol–water partition coefficient (Wildman–Crippen LogP) is 1.73. The number of nitrogens with one attached hydrogen (secondary N) is 2. The van der Waals surface area contributed by atoms with Gasteiger partial charge in [0, 0.05) is 5.69 Å². The molecule has 0 bridgehead atoms. The van der Waals surface area contributed by atoms with Gasteiger partial charge >= 0.3 is 6.18 Å². The molecule has 1 amide bonds. The number of alkyl halides is 3. The van der Waals surface area contributed by atoms with E-state index in [2.05, 4.69) is 15.3 Å². The molecule has 9 heteroatoms. The fraction of sp³-hybridized carbons (Fsp3) is 0.286. The van der Waals surface area contributed by atoms with Gasteiger partial charge in [0.2, 0.25) is 0 Å². The minimum atomic E-state index is -4.77. The van der Waals surface area contributed by atoms with Gasteiger partial charge in [-0.15, -0.1) is 0 Å². The first-order valence-electron chi connectivity index (χ1n) is 6.56. The molecule has 0 spiro atoms. The number of aromatic nitrogens is 3. The smallest absolute Gasteiger partial charge is 0.345 e. The molecular formula is C14H13F3N4O2. The number of nitrogens with zero attached hydrogens (tertiary/aromatic N) is 2. The first-order chi connectivity index (χ1) is 10.7. The van der Waals surface area contributed by atoms with Crippen molar-refractivity contribution in [1.29, 1.82) is 0 Å². The molecule has 122 valence electrons. The molecule has 2 aromatic rings. The number of aromatic amines is 1. The highest BCUT2D eigenvalue weighted by Gasteiger charge is 2.34. The van der Waals surface area contributed by atoms with Gasteiger partial charge in [0.15, 0.2) is 0 Å². The SMILES string of the molecule is Cc1cc(CNC(=O)c2ccc(C(F)(F)F)c(=O)[nH]2)nc(C)n1. The topological polar surface area (TPSA) is 87.7 Å². The second-order valence-corrected chi connectivity index (χ2v) is 4.84. The van der Waals surface area contributed by atoms with E-state index in [1.54, 1.807) is 19.9 Å². The molecule has 0 fully saturated rings. The van der Waals surface area contributed by atoms with Crippen molar-refractivity contribution in [3.63, 3.8) is 0 Å². The second kappa shape index (κ2) is 6.19. The van der Waals surface area contributed by atoms with Gasteiger partial charge in [0.25, 0.3) is 11.5 Å². The summed E-state index contributed by atoms with van der Waals surface area (Å²) in [6, 6.07) is 3.16. The Labute approximate surface area is 128 Å². The third kappa shape index (κ3) is 4.15. The van der Waals surface area contributed by atoms with Crippen molar-refractivity contribution >= 4 is 5.91 Å². The number of aryl methyl sites for hydroxylation is 2. The number of carbonyl (C=O) groups is 1. The number of H-pyrrole nitrogens is 1. The molecule has 2 N–H and O–H groups in total. The second-order valence-electron chi connectivity index (χ2n) is 4.84. The van der Waals surface area contributed by atoms with Crippen LogP contribution in [0.25, 0.3) is 0 Å². The van der Waals surface area contributed by atoms with Gasteiger partial charge in [0.05, 0.1) is 12.2 Å².